The maximum Gasteiger partial charge on any atom is 0.272 e. The fourth-order valence-corrected chi connectivity index (χ4v) is 2.88. The van der Waals surface area contributed by atoms with Gasteiger partial charge in [-0.25, -0.2) is 0 Å². The van der Waals surface area contributed by atoms with E-state index in [1.165, 1.54) is 0 Å². The molecule has 1 amide bonds. The molecule has 1 fully saturated rings. The standard InChI is InChI=1S/C16H18BrN3O/c1-19(2)14-6-4-3-5-13(14)18-16(21)15-9-11(17)10-20(15)12-7-8-12/h3-6,9-10,12H,7-8H2,1-2H3,(H,18,21). The minimum atomic E-state index is -0.0677. The number of amides is 1. The molecule has 1 heterocycles. The number of hydrogen-bond donors (Lipinski definition) is 1. The molecule has 1 saturated carbocycles. The van der Waals surface area contributed by atoms with E-state index in [0.717, 1.165) is 28.7 Å². The van der Waals surface area contributed by atoms with Crippen molar-refractivity contribution < 1.29 is 4.79 Å². The van der Waals surface area contributed by atoms with Crippen molar-refractivity contribution in [3.05, 3.63) is 46.7 Å². The Bertz CT molecular complexity index is 674. The number of carbonyl (C=O) groups excluding carboxylic acids is 1. The summed E-state index contributed by atoms with van der Waals surface area (Å²) >= 11 is 3.46. The van der Waals surface area contributed by atoms with Crippen molar-refractivity contribution in [2.45, 2.75) is 18.9 Å². The third-order valence-electron chi connectivity index (χ3n) is 3.62. The quantitative estimate of drug-likeness (QED) is 0.910. The van der Waals surface area contributed by atoms with E-state index in [1.54, 1.807) is 0 Å². The van der Waals surface area contributed by atoms with Gasteiger partial charge >= 0.3 is 0 Å². The first-order valence-electron chi connectivity index (χ1n) is 7.01. The van der Waals surface area contributed by atoms with Crippen LogP contribution >= 0.6 is 15.9 Å². The number of nitrogens with one attached hydrogen (secondary N) is 1. The van der Waals surface area contributed by atoms with Crippen molar-refractivity contribution >= 4 is 33.2 Å². The third kappa shape index (κ3) is 2.97. The van der Waals surface area contributed by atoms with Crippen LogP contribution in [0.4, 0.5) is 11.4 Å². The Balaban J connectivity index is 1.87. The van der Waals surface area contributed by atoms with E-state index in [0.29, 0.717) is 11.7 Å². The van der Waals surface area contributed by atoms with E-state index in [1.807, 2.05) is 55.5 Å². The van der Waals surface area contributed by atoms with Gasteiger partial charge in [0.15, 0.2) is 0 Å². The van der Waals surface area contributed by atoms with Crippen molar-refractivity contribution in [1.82, 2.24) is 4.57 Å². The second-order valence-electron chi connectivity index (χ2n) is 5.55. The molecule has 0 spiro atoms. The lowest BCUT2D eigenvalue weighted by Gasteiger charge is -2.18. The molecule has 0 atom stereocenters. The van der Waals surface area contributed by atoms with E-state index in [2.05, 4.69) is 25.8 Å². The summed E-state index contributed by atoms with van der Waals surface area (Å²) in [6.07, 6.45) is 4.29. The van der Waals surface area contributed by atoms with Crippen LogP contribution in [0.25, 0.3) is 0 Å². The molecule has 1 aliphatic rings. The highest BCUT2D eigenvalue weighted by Gasteiger charge is 2.28. The summed E-state index contributed by atoms with van der Waals surface area (Å²) in [7, 11) is 3.93. The van der Waals surface area contributed by atoms with Crippen LogP contribution in [0.3, 0.4) is 0 Å². The van der Waals surface area contributed by atoms with Crippen molar-refractivity contribution in [2.75, 3.05) is 24.3 Å². The highest BCUT2D eigenvalue weighted by Crippen LogP contribution is 2.37. The van der Waals surface area contributed by atoms with Crippen LogP contribution in [0.15, 0.2) is 41.0 Å². The van der Waals surface area contributed by atoms with Crippen LogP contribution in [0, 0.1) is 0 Å². The predicted octanol–water partition coefficient (Wildman–Crippen LogP) is 3.90. The van der Waals surface area contributed by atoms with E-state index in [-0.39, 0.29) is 5.91 Å². The van der Waals surface area contributed by atoms with Gasteiger partial charge in [-0.2, -0.15) is 0 Å². The fraction of sp³-hybridized carbons (Fsp3) is 0.312. The molecule has 0 radical (unpaired) electrons. The smallest absolute Gasteiger partial charge is 0.272 e. The Morgan fingerprint density at radius 3 is 2.71 bits per heavy atom. The molecule has 2 aromatic rings. The lowest BCUT2D eigenvalue weighted by molar-refractivity contribution is 0.101. The largest absolute Gasteiger partial charge is 0.376 e. The topological polar surface area (TPSA) is 37.3 Å². The van der Waals surface area contributed by atoms with Gasteiger partial charge in [0.1, 0.15) is 5.69 Å². The number of hydrogen-bond acceptors (Lipinski definition) is 2. The van der Waals surface area contributed by atoms with Gasteiger partial charge in [-0.15, -0.1) is 0 Å². The van der Waals surface area contributed by atoms with E-state index in [9.17, 15) is 4.79 Å². The first-order chi connectivity index (χ1) is 10.1. The zero-order valence-electron chi connectivity index (χ0n) is 12.1. The molecule has 0 unspecified atom stereocenters. The number of rotatable bonds is 4. The zero-order valence-corrected chi connectivity index (χ0v) is 13.7. The molecule has 1 N–H and O–H groups in total. The number of anilines is 2. The van der Waals surface area contributed by atoms with Gasteiger partial charge in [-0.3, -0.25) is 4.79 Å². The Hall–Kier alpha value is -1.75. The van der Waals surface area contributed by atoms with Crippen LogP contribution in [0.5, 0.6) is 0 Å². The van der Waals surface area contributed by atoms with E-state index in [4.69, 9.17) is 0 Å². The van der Waals surface area contributed by atoms with E-state index >= 15 is 0 Å². The van der Waals surface area contributed by atoms with Crippen LogP contribution in [-0.4, -0.2) is 24.6 Å². The predicted molar refractivity (Wildman–Crippen MR) is 89.1 cm³/mol. The summed E-state index contributed by atoms with van der Waals surface area (Å²) in [5.41, 5.74) is 2.53. The SMILES string of the molecule is CN(C)c1ccccc1NC(=O)c1cc(Br)cn1C1CC1. The second-order valence-corrected chi connectivity index (χ2v) is 6.46. The van der Waals surface area contributed by atoms with Crippen molar-refractivity contribution in [2.24, 2.45) is 0 Å². The minimum absolute atomic E-state index is 0.0677. The number of benzene rings is 1. The molecule has 110 valence electrons. The molecule has 1 aliphatic carbocycles. The summed E-state index contributed by atoms with van der Waals surface area (Å²) < 4.78 is 3.01. The van der Waals surface area contributed by atoms with Gasteiger partial charge in [0.2, 0.25) is 0 Å². The van der Waals surface area contributed by atoms with Crippen LogP contribution in [-0.2, 0) is 0 Å². The third-order valence-corrected chi connectivity index (χ3v) is 4.06. The van der Waals surface area contributed by atoms with Gasteiger partial charge in [0.05, 0.1) is 11.4 Å². The molecule has 1 aromatic heterocycles. The monoisotopic (exact) mass is 347 g/mol. The number of nitrogens with zero attached hydrogens (tertiary/aromatic N) is 2. The maximum absolute atomic E-state index is 12.6. The molecule has 0 aliphatic heterocycles. The number of aromatic nitrogens is 1. The summed E-state index contributed by atoms with van der Waals surface area (Å²) in [6.45, 7) is 0. The summed E-state index contributed by atoms with van der Waals surface area (Å²) in [5, 5.41) is 3.02. The molecule has 0 saturated heterocycles. The van der Waals surface area contributed by atoms with Crippen molar-refractivity contribution in [3.63, 3.8) is 0 Å². The number of carbonyl (C=O) groups is 1. The van der Waals surface area contributed by atoms with Crippen LogP contribution < -0.4 is 10.2 Å². The molecule has 4 nitrogen and oxygen atoms in total. The average molecular weight is 348 g/mol. The Kier molecular flexibility index (Phi) is 3.76. The van der Waals surface area contributed by atoms with Gasteiger partial charge in [-0.1, -0.05) is 12.1 Å². The fourth-order valence-electron chi connectivity index (χ4n) is 2.44. The van der Waals surface area contributed by atoms with Crippen LogP contribution in [0.2, 0.25) is 0 Å². The lowest BCUT2D eigenvalue weighted by Crippen LogP contribution is -2.19. The van der Waals surface area contributed by atoms with E-state index < -0.39 is 0 Å². The number of halogens is 1. The lowest BCUT2D eigenvalue weighted by atomic mass is 10.2. The maximum atomic E-state index is 12.6. The highest BCUT2D eigenvalue weighted by molar-refractivity contribution is 9.10. The molecule has 21 heavy (non-hydrogen) atoms. The normalized spacial score (nSPS) is 14.0. The Morgan fingerprint density at radius 2 is 2.05 bits per heavy atom. The Morgan fingerprint density at radius 1 is 1.33 bits per heavy atom. The highest BCUT2D eigenvalue weighted by atomic mass is 79.9. The van der Waals surface area contributed by atoms with Crippen molar-refractivity contribution in [1.29, 1.82) is 0 Å². The van der Waals surface area contributed by atoms with Crippen molar-refractivity contribution in [3.8, 4) is 0 Å². The summed E-state index contributed by atoms with van der Waals surface area (Å²) in [5.74, 6) is -0.0677. The van der Waals surface area contributed by atoms with Crippen LogP contribution in [0.1, 0.15) is 29.4 Å². The van der Waals surface area contributed by atoms with Gasteiger partial charge in [-0.05, 0) is 47.0 Å². The Labute approximate surface area is 132 Å². The average Bonchev–Trinajstić information content (AvgIpc) is 3.21. The molecular formula is C16H18BrN3O. The van der Waals surface area contributed by atoms with Gasteiger partial charge in [0.25, 0.3) is 5.91 Å². The first-order valence-corrected chi connectivity index (χ1v) is 7.80. The molecule has 3 rings (SSSR count). The molecule has 0 bridgehead atoms. The minimum Gasteiger partial charge on any atom is -0.376 e. The molecular weight excluding hydrogens is 330 g/mol. The van der Waals surface area contributed by atoms with Gasteiger partial charge in [0, 0.05) is 30.8 Å². The molecule has 5 heteroatoms. The first kappa shape index (κ1) is 14.2. The molecule has 1 aromatic carbocycles. The van der Waals surface area contributed by atoms with Gasteiger partial charge < -0.3 is 14.8 Å². The zero-order chi connectivity index (χ0) is 15.0. The second kappa shape index (κ2) is 5.56. The number of para-hydroxylation sites is 2. The summed E-state index contributed by atoms with van der Waals surface area (Å²) in [6, 6.07) is 10.2. The summed E-state index contributed by atoms with van der Waals surface area (Å²) in [4.78, 5) is 14.6.